The van der Waals surface area contributed by atoms with E-state index in [1.165, 1.54) is 17.2 Å². The molecule has 0 saturated carbocycles. The zero-order valence-electron chi connectivity index (χ0n) is 16.8. The van der Waals surface area contributed by atoms with Crippen molar-refractivity contribution < 1.29 is 22.8 Å². The number of nitrogens with one attached hydrogen (secondary N) is 2. The summed E-state index contributed by atoms with van der Waals surface area (Å²) >= 11 is 0. The summed E-state index contributed by atoms with van der Waals surface area (Å²) in [4.78, 5) is 41.0. The van der Waals surface area contributed by atoms with Gasteiger partial charge in [0.25, 0.3) is 5.56 Å². The van der Waals surface area contributed by atoms with Gasteiger partial charge in [0.2, 0.25) is 11.8 Å². The molecular weight excluding hydrogens is 441 g/mol. The van der Waals surface area contributed by atoms with Gasteiger partial charge in [-0.25, -0.2) is 22.8 Å². The molecule has 9 nitrogen and oxygen atoms in total. The lowest BCUT2D eigenvalue weighted by Crippen LogP contribution is -2.37. The van der Waals surface area contributed by atoms with E-state index in [1.807, 2.05) is 23.5 Å². The van der Waals surface area contributed by atoms with Crippen molar-refractivity contribution in [2.45, 2.75) is 6.54 Å². The van der Waals surface area contributed by atoms with Crippen molar-refractivity contribution in [3.8, 4) is 5.69 Å². The van der Waals surface area contributed by atoms with Gasteiger partial charge in [-0.15, -0.1) is 0 Å². The third-order valence-electron chi connectivity index (χ3n) is 4.62. The highest BCUT2D eigenvalue weighted by molar-refractivity contribution is 5.94. The minimum Gasteiger partial charge on any atom is -0.345 e. The quantitative estimate of drug-likeness (QED) is 0.430. The second-order valence-electron chi connectivity index (χ2n) is 6.85. The molecule has 2 heterocycles. The van der Waals surface area contributed by atoms with E-state index in [1.54, 1.807) is 12.1 Å². The third kappa shape index (κ3) is 4.44. The molecule has 2 N–H and O–H groups in total. The Bertz CT molecular complexity index is 1420. The third-order valence-corrected chi connectivity index (χ3v) is 4.62. The van der Waals surface area contributed by atoms with Crippen molar-refractivity contribution in [1.29, 1.82) is 0 Å². The van der Waals surface area contributed by atoms with Gasteiger partial charge < -0.3 is 10.6 Å². The van der Waals surface area contributed by atoms with E-state index in [0.29, 0.717) is 17.4 Å². The van der Waals surface area contributed by atoms with Crippen molar-refractivity contribution in [3.63, 3.8) is 0 Å². The number of benzene rings is 2. The maximum Gasteiger partial charge on any atom is 0.264 e. The first-order chi connectivity index (χ1) is 15.8. The molecular formula is C21H15F3N6O3. The van der Waals surface area contributed by atoms with Crippen LogP contribution in [0.3, 0.4) is 0 Å². The number of para-hydroxylation sites is 1. The molecule has 0 aliphatic carbocycles. The molecule has 4 aromatic rings. The number of amides is 2. The number of anilines is 1. The second-order valence-corrected chi connectivity index (χ2v) is 6.85. The van der Waals surface area contributed by atoms with Gasteiger partial charge in [0.05, 0.1) is 24.1 Å². The van der Waals surface area contributed by atoms with Crippen LogP contribution in [0.25, 0.3) is 16.7 Å². The number of hydrogen-bond acceptors (Lipinski definition) is 5. The van der Waals surface area contributed by atoms with E-state index >= 15 is 0 Å². The van der Waals surface area contributed by atoms with Gasteiger partial charge in [-0.2, -0.15) is 5.10 Å². The zero-order chi connectivity index (χ0) is 23.5. The molecule has 0 bridgehead atoms. The maximum atomic E-state index is 13.6. The van der Waals surface area contributed by atoms with Crippen LogP contribution >= 0.6 is 0 Å². The van der Waals surface area contributed by atoms with Crippen LogP contribution in [0.1, 0.15) is 0 Å². The minimum absolute atomic E-state index is 0.195. The van der Waals surface area contributed by atoms with Crippen molar-refractivity contribution >= 4 is 28.5 Å². The molecule has 0 saturated heterocycles. The van der Waals surface area contributed by atoms with Crippen LogP contribution in [-0.4, -0.2) is 37.7 Å². The Labute approximate surface area is 183 Å². The molecule has 2 amide bonds. The van der Waals surface area contributed by atoms with E-state index < -0.39 is 53.6 Å². The second kappa shape index (κ2) is 8.94. The Balaban J connectivity index is 1.41. The van der Waals surface area contributed by atoms with E-state index in [-0.39, 0.29) is 5.39 Å². The average molecular weight is 456 g/mol. The highest BCUT2D eigenvalue weighted by Gasteiger charge is 2.16. The monoisotopic (exact) mass is 456 g/mol. The van der Waals surface area contributed by atoms with Crippen molar-refractivity contribution in [2.75, 3.05) is 11.9 Å². The van der Waals surface area contributed by atoms with E-state index in [2.05, 4.69) is 15.4 Å². The highest BCUT2D eigenvalue weighted by Crippen LogP contribution is 2.19. The molecule has 2 aromatic heterocycles. The summed E-state index contributed by atoms with van der Waals surface area (Å²) in [6, 6.07) is 10.6. The summed E-state index contributed by atoms with van der Waals surface area (Å²) < 4.78 is 42.3. The van der Waals surface area contributed by atoms with Gasteiger partial charge in [0.15, 0.2) is 23.1 Å². The Hall–Kier alpha value is -4.48. The average Bonchev–Trinajstić information content (AvgIpc) is 3.25. The fourth-order valence-corrected chi connectivity index (χ4v) is 3.03. The first kappa shape index (κ1) is 21.7. The van der Waals surface area contributed by atoms with Gasteiger partial charge in [-0.3, -0.25) is 19.0 Å². The van der Waals surface area contributed by atoms with Crippen LogP contribution in [0.15, 0.2) is 59.8 Å². The lowest BCUT2D eigenvalue weighted by Gasteiger charge is -2.09. The number of rotatable bonds is 6. The predicted octanol–water partition coefficient (Wildman–Crippen LogP) is 1.75. The standard InChI is InChI=1S/C21H15F3N6O3/c22-14-6-7-15(19(24)18(14)23)28-16(31)9-25-17(32)10-29-11-26-20-13(21(29)33)8-27-30(20)12-4-2-1-3-5-12/h1-8,11H,9-10H2,(H,25,32)(H,28,31). The number of halogens is 3. The van der Waals surface area contributed by atoms with E-state index in [9.17, 15) is 27.6 Å². The van der Waals surface area contributed by atoms with Crippen molar-refractivity contribution in [1.82, 2.24) is 24.6 Å². The van der Waals surface area contributed by atoms with E-state index in [4.69, 9.17) is 0 Å². The van der Waals surface area contributed by atoms with Crippen LogP contribution in [-0.2, 0) is 16.1 Å². The summed E-state index contributed by atoms with van der Waals surface area (Å²) in [7, 11) is 0. The Morgan fingerprint density at radius 1 is 0.970 bits per heavy atom. The summed E-state index contributed by atoms with van der Waals surface area (Å²) in [6.45, 7) is -1.03. The van der Waals surface area contributed by atoms with Crippen LogP contribution in [0.5, 0.6) is 0 Å². The van der Waals surface area contributed by atoms with Gasteiger partial charge in [0, 0.05) is 0 Å². The molecule has 168 valence electrons. The van der Waals surface area contributed by atoms with Gasteiger partial charge in [-0.05, 0) is 24.3 Å². The normalized spacial score (nSPS) is 10.9. The number of aromatic nitrogens is 4. The molecule has 0 radical (unpaired) electrons. The molecule has 0 aliphatic heterocycles. The fraction of sp³-hybridized carbons (Fsp3) is 0.0952. The topological polar surface area (TPSA) is 111 Å². The van der Waals surface area contributed by atoms with Crippen molar-refractivity contribution in [3.05, 3.63) is 82.8 Å². The van der Waals surface area contributed by atoms with Crippen LogP contribution in [0.2, 0.25) is 0 Å². The summed E-state index contributed by atoms with van der Waals surface area (Å²) in [5.74, 6) is -6.26. The first-order valence-electron chi connectivity index (χ1n) is 9.54. The van der Waals surface area contributed by atoms with Crippen LogP contribution in [0, 0.1) is 17.5 Å². The molecule has 0 unspecified atom stereocenters. The minimum atomic E-state index is -1.73. The zero-order valence-corrected chi connectivity index (χ0v) is 16.8. The lowest BCUT2D eigenvalue weighted by molar-refractivity contribution is -0.124. The smallest absolute Gasteiger partial charge is 0.264 e. The largest absolute Gasteiger partial charge is 0.345 e. The Morgan fingerprint density at radius 2 is 1.73 bits per heavy atom. The lowest BCUT2D eigenvalue weighted by atomic mass is 10.2. The summed E-state index contributed by atoms with van der Waals surface area (Å²) in [6.07, 6.45) is 2.53. The maximum absolute atomic E-state index is 13.6. The predicted molar refractivity (Wildman–Crippen MR) is 111 cm³/mol. The molecule has 0 atom stereocenters. The van der Waals surface area contributed by atoms with Crippen LogP contribution < -0.4 is 16.2 Å². The molecule has 33 heavy (non-hydrogen) atoms. The number of carbonyl (C=O) groups is 2. The summed E-state index contributed by atoms with van der Waals surface area (Å²) in [5, 5.41) is 8.64. The summed E-state index contributed by atoms with van der Waals surface area (Å²) in [5.41, 5.74) is -0.0609. The number of nitrogens with zero attached hydrogens (tertiary/aromatic N) is 4. The Morgan fingerprint density at radius 3 is 2.48 bits per heavy atom. The molecule has 0 fully saturated rings. The number of hydrogen-bond donors (Lipinski definition) is 2. The van der Waals surface area contributed by atoms with Gasteiger partial charge in [-0.1, -0.05) is 18.2 Å². The Kier molecular flexibility index (Phi) is 5.89. The molecule has 0 spiro atoms. The fourth-order valence-electron chi connectivity index (χ4n) is 3.03. The number of carbonyl (C=O) groups excluding carboxylic acids is 2. The van der Waals surface area contributed by atoms with Crippen molar-refractivity contribution in [2.24, 2.45) is 0 Å². The highest BCUT2D eigenvalue weighted by atomic mass is 19.2. The molecule has 12 heteroatoms. The number of fused-ring (bicyclic) bond motifs is 1. The van der Waals surface area contributed by atoms with E-state index in [0.717, 1.165) is 10.6 Å². The van der Waals surface area contributed by atoms with Gasteiger partial charge in [0.1, 0.15) is 18.3 Å². The van der Waals surface area contributed by atoms with Crippen LogP contribution in [0.4, 0.5) is 18.9 Å². The molecule has 4 rings (SSSR count). The van der Waals surface area contributed by atoms with Gasteiger partial charge >= 0.3 is 0 Å². The SMILES string of the molecule is O=C(Cn1cnc2c(cnn2-c2ccccc2)c1=O)NCC(=O)Nc1ccc(F)c(F)c1F. The first-order valence-corrected chi connectivity index (χ1v) is 9.54. The molecule has 0 aliphatic rings. The molecule has 2 aromatic carbocycles.